The van der Waals surface area contributed by atoms with Crippen molar-refractivity contribution in [2.24, 2.45) is 0 Å². The van der Waals surface area contributed by atoms with Gasteiger partial charge in [0, 0.05) is 0 Å². The predicted octanol–water partition coefficient (Wildman–Crippen LogP) is 2.27. The topological polar surface area (TPSA) is 40.5 Å². The Bertz CT molecular complexity index is 178. The standard InChI is InChI=1S/C6H6O2.C3H6/c7-5-1-2-6(8)4-3-5;1-2-3-1/h1-4,7-8H;1-3H2. The van der Waals surface area contributed by atoms with Crippen molar-refractivity contribution in [1.29, 1.82) is 0 Å². The van der Waals surface area contributed by atoms with E-state index in [0.717, 1.165) is 0 Å². The van der Waals surface area contributed by atoms with E-state index in [9.17, 15) is 0 Å². The first-order valence-corrected chi connectivity index (χ1v) is 3.77. The van der Waals surface area contributed by atoms with Crippen LogP contribution < -0.4 is 0 Å². The van der Waals surface area contributed by atoms with E-state index >= 15 is 0 Å². The zero-order chi connectivity index (χ0) is 8.10. The molecule has 2 rings (SSSR count). The van der Waals surface area contributed by atoms with E-state index in [4.69, 9.17) is 10.2 Å². The van der Waals surface area contributed by atoms with Crippen molar-refractivity contribution in [2.45, 2.75) is 19.3 Å². The van der Waals surface area contributed by atoms with Gasteiger partial charge in [-0.2, -0.15) is 0 Å². The molecule has 1 fully saturated rings. The summed E-state index contributed by atoms with van der Waals surface area (Å²) in [7, 11) is 0. The summed E-state index contributed by atoms with van der Waals surface area (Å²) < 4.78 is 0. The molecule has 0 aliphatic heterocycles. The molecule has 0 radical (unpaired) electrons. The average molecular weight is 152 g/mol. The average Bonchev–Trinajstić information content (AvgIpc) is 2.80. The zero-order valence-electron chi connectivity index (χ0n) is 6.33. The van der Waals surface area contributed by atoms with Crippen LogP contribution in [-0.2, 0) is 0 Å². The number of benzene rings is 1. The smallest absolute Gasteiger partial charge is 0.115 e. The lowest BCUT2D eigenvalue weighted by molar-refractivity contribution is 0.460. The van der Waals surface area contributed by atoms with Crippen molar-refractivity contribution in [2.75, 3.05) is 0 Å². The third kappa shape index (κ3) is 4.25. The molecule has 2 heteroatoms. The highest BCUT2D eigenvalue weighted by Gasteiger charge is 1.95. The highest BCUT2D eigenvalue weighted by molar-refractivity contribution is 5.28. The van der Waals surface area contributed by atoms with E-state index in [1.165, 1.54) is 43.5 Å². The van der Waals surface area contributed by atoms with Gasteiger partial charge in [0.25, 0.3) is 0 Å². The maximum atomic E-state index is 8.65. The molecule has 1 aromatic carbocycles. The molecule has 0 bridgehead atoms. The second kappa shape index (κ2) is 3.86. The van der Waals surface area contributed by atoms with Crippen LogP contribution in [-0.4, -0.2) is 10.2 Å². The molecule has 0 aromatic heterocycles. The minimum absolute atomic E-state index is 0.169. The summed E-state index contributed by atoms with van der Waals surface area (Å²) in [5.41, 5.74) is 0. The van der Waals surface area contributed by atoms with Crippen molar-refractivity contribution in [3.63, 3.8) is 0 Å². The van der Waals surface area contributed by atoms with Crippen LogP contribution in [0, 0.1) is 0 Å². The molecular weight excluding hydrogens is 140 g/mol. The van der Waals surface area contributed by atoms with Gasteiger partial charge in [0.05, 0.1) is 0 Å². The second-order valence-electron chi connectivity index (χ2n) is 2.58. The summed E-state index contributed by atoms with van der Waals surface area (Å²) in [5.74, 6) is 0.339. The predicted molar refractivity (Wildman–Crippen MR) is 43.6 cm³/mol. The van der Waals surface area contributed by atoms with Gasteiger partial charge in [-0.1, -0.05) is 19.3 Å². The van der Waals surface area contributed by atoms with Crippen LogP contribution >= 0.6 is 0 Å². The maximum Gasteiger partial charge on any atom is 0.115 e. The van der Waals surface area contributed by atoms with Crippen LogP contribution in [0.4, 0.5) is 0 Å². The van der Waals surface area contributed by atoms with Crippen molar-refractivity contribution < 1.29 is 10.2 Å². The van der Waals surface area contributed by atoms with Crippen LogP contribution in [0.5, 0.6) is 11.5 Å². The molecule has 1 aliphatic carbocycles. The highest BCUT2D eigenvalue weighted by Crippen LogP contribution is 2.15. The SMILES string of the molecule is C1CC1.Oc1ccc(O)cc1. The Labute approximate surface area is 66.1 Å². The molecule has 0 spiro atoms. The molecule has 0 unspecified atom stereocenters. The van der Waals surface area contributed by atoms with Crippen molar-refractivity contribution >= 4 is 0 Å². The maximum absolute atomic E-state index is 8.65. The molecule has 0 atom stereocenters. The minimum Gasteiger partial charge on any atom is -0.508 e. The molecule has 2 nitrogen and oxygen atoms in total. The quantitative estimate of drug-likeness (QED) is 0.560. The normalized spacial score (nSPS) is 13.1. The van der Waals surface area contributed by atoms with Gasteiger partial charge >= 0.3 is 0 Å². The van der Waals surface area contributed by atoms with E-state index in [1.54, 1.807) is 0 Å². The van der Waals surface area contributed by atoms with Crippen LogP contribution in [0.1, 0.15) is 19.3 Å². The molecule has 0 heterocycles. The van der Waals surface area contributed by atoms with Gasteiger partial charge < -0.3 is 10.2 Å². The summed E-state index contributed by atoms with van der Waals surface area (Å²) in [6.07, 6.45) is 4.50. The first-order valence-electron chi connectivity index (χ1n) is 3.77. The molecule has 1 aliphatic rings. The Kier molecular flexibility index (Phi) is 2.78. The van der Waals surface area contributed by atoms with Crippen LogP contribution in [0.3, 0.4) is 0 Å². The Morgan fingerprint density at radius 2 is 1.00 bits per heavy atom. The Morgan fingerprint density at radius 3 is 1.18 bits per heavy atom. The van der Waals surface area contributed by atoms with Crippen LogP contribution in [0.15, 0.2) is 24.3 Å². The molecule has 60 valence electrons. The molecule has 0 saturated heterocycles. The summed E-state index contributed by atoms with van der Waals surface area (Å²) in [5, 5.41) is 17.3. The lowest BCUT2D eigenvalue weighted by atomic mass is 10.3. The van der Waals surface area contributed by atoms with Crippen molar-refractivity contribution in [1.82, 2.24) is 0 Å². The molecule has 1 aromatic rings. The number of rotatable bonds is 0. The third-order valence-electron chi connectivity index (χ3n) is 1.20. The fraction of sp³-hybridized carbons (Fsp3) is 0.333. The second-order valence-corrected chi connectivity index (χ2v) is 2.58. The summed E-state index contributed by atoms with van der Waals surface area (Å²) in [4.78, 5) is 0. The fourth-order valence-corrected chi connectivity index (χ4v) is 0.453. The molecule has 11 heavy (non-hydrogen) atoms. The first kappa shape index (κ1) is 7.92. The lowest BCUT2D eigenvalue weighted by Gasteiger charge is -1.88. The fourth-order valence-electron chi connectivity index (χ4n) is 0.453. The van der Waals surface area contributed by atoms with Gasteiger partial charge in [0.2, 0.25) is 0 Å². The molecule has 1 saturated carbocycles. The number of phenolic OH excluding ortho intramolecular Hbond substituents is 2. The summed E-state index contributed by atoms with van der Waals surface area (Å²) >= 11 is 0. The highest BCUT2D eigenvalue weighted by atomic mass is 16.3. The molecular formula is C9H12O2. The largest absolute Gasteiger partial charge is 0.508 e. The van der Waals surface area contributed by atoms with Gasteiger partial charge in [-0.05, 0) is 24.3 Å². The number of hydrogen-bond donors (Lipinski definition) is 2. The van der Waals surface area contributed by atoms with Crippen molar-refractivity contribution in [3.8, 4) is 11.5 Å². The lowest BCUT2D eigenvalue weighted by Crippen LogP contribution is -1.61. The Balaban J connectivity index is 0.000000167. The van der Waals surface area contributed by atoms with E-state index in [1.807, 2.05) is 0 Å². The van der Waals surface area contributed by atoms with Gasteiger partial charge in [0.1, 0.15) is 11.5 Å². The first-order chi connectivity index (χ1) is 5.29. The van der Waals surface area contributed by atoms with Crippen LogP contribution in [0.2, 0.25) is 0 Å². The van der Waals surface area contributed by atoms with Gasteiger partial charge in [-0.25, -0.2) is 0 Å². The van der Waals surface area contributed by atoms with Crippen molar-refractivity contribution in [3.05, 3.63) is 24.3 Å². The van der Waals surface area contributed by atoms with Crippen LogP contribution in [0.25, 0.3) is 0 Å². The monoisotopic (exact) mass is 152 g/mol. The Morgan fingerprint density at radius 1 is 0.727 bits per heavy atom. The summed E-state index contributed by atoms with van der Waals surface area (Å²) in [6, 6.07) is 5.70. The van der Waals surface area contributed by atoms with Gasteiger partial charge in [0.15, 0.2) is 0 Å². The summed E-state index contributed by atoms with van der Waals surface area (Å²) in [6.45, 7) is 0. The Hall–Kier alpha value is -1.18. The van der Waals surface area contributed by atoms with E-state index in [0.29, 0.717) is 0 Å². The van der Waals surface area contributed by atoms with E-state index < -0.39 is 0 Å². The van der Waals surface area contributed by atoms with E-state index in [2.05, 4.69) is 0 Å². The number of hydrogen-bond acceptors (Lipinski definition) is 2. The molecule has 2 N–H and O–H groups in total. The number of aromatic hydroxyl groups is 2. The third-order valence-corrected chi connectivity index (χ3v) is 1.20. The van der Waals surface area contributed by atoms with E-state index in [-0.39, 0.29) is 11.5 Å². The molecule has 0 amide bonds. The minimum atomic E-state index is 0.169. The number of phenols is 2. The zero-order valence-corrected chi connectivity index (χ0v) is 6.33. The van der Waals surface area contributed by atoms with Gasteiger partial charge in [-0.15, -0.1) is 0 Å². The van der Waals surface area contributed by atoms with Gasteiger partial charge in [-0.3, -0.25) is 0 Å².